The highest BCUT2D eigenvalue weighted by Crippen LogP contribution is 2.19. The molecule has 0 bridgehead atoms. The van der Waals surface area contributed by atoms with Crippen molar-refractivity contribution in [2.75, 3.05) is 20.2 Å². The number of benzene rings is 1. The van der Waals surface area contributed by atoms with Gasteiger partial charge in [0.05, 0.1) is 19.2 Å². The van der Waals surface area contributed by atoms with Crippen LogP contribution in [0.2, 0.25) is 0 Å². The first-order valence-corrected chi connectivity index (χ1v) is 6.68. The van der Waals surface area contributed by atoms with Gasteiger partial charge in [0.15, 0.2) is 0 Å². The molecule has 0 saturated heterocycles. The second-order valence-electron chi connectivity index (χ2n) is 4.68. The lowest BCUT2D eigenvalue weighted by Gasteiger charge is -2.20. The molecule has 0 unspecified atom stereocenters. The van der Waals surface area contributed by atoms with Gasteiger partial charge in [-0.15, -0.1) is 0 Å². The van der Waals surface area contributed by atoms with E-state index in [9.17, 15) is 4.79 Å². The van der Waals surface area contributed by atoms with Crippen molar-refractivity contribution in [1.29, 1.82) is 5.26 Å². The van der Waals surface area contributed by atoms with E-state index >= 15 is 0 Å². The number of nitriles is 1. The molecular weight excluding hydrogens is 254 g/mol. The fraction of sp³-hybridized carbons (Fsp3) is 0.467. The van der Waals surface area contributed by atoms with E-state index in [4.69, 9.17) is 15.7 Å². The molecule has 0 aliphatic heterocycles. The number of methoxy groups -OCH3 is 1. The Kier molecular flexibility index (Phi) is 6.54. The van der Waals surface area contributed by atoms with E-state index in [1.54, 1.807) is 12.1 Å². The van der Waals surface area contributed by atoms with Crippen molar-refractivity contribution in [1.82, 2.24) is 4.90 Å². The van der Waals surface area contributed by atoms with E-state index in [1.807, 2.05) is 11.0 Å². The summed E-state index contributed by atoms with van der Waals surface area (Å²) >= 11 is 0. The fourth-order valence-corrected chi connectivity index (χ4v) is 2.02. The summed E-state index contributed by atoms with van der Waals surface area (Å²) < 4.78 is 5.12. The third-order valence-electron chi connectivity index (χ3n) is 3.00. The minimum Gasteiger partial charge on any atom is -0.495 e. The zero-order chi connectivity index (χ0) is 15.0. The Morgan fingerprint density at radius 2 is 2.25 bits per heavy atom. The Bertz CT molecular complexity index is 494. The summed E-state index contributed by atoms with van der Waals surface area (Å²) in [4.78, 5) is 13.1. The molecule has 1 aromatic carbocycles. The number of hydrogen-bond donors (Lipinski definition) is 1. The van der Waals surface area contributed by atoms with Gasteiger partial charge in [0.2, 0.25) is 5.91 Å². The van der Waals surface area contributed by atoms with E-state index in [1.165, 1.54) is 7.11 Å². The molecule has 20 heavy (non-hydrogen) atoms. The van der Waals surface area contributed by atoms with Crippen LogP contribution in [0, 0.1) is 11.3 Å². The maximum absolute atomic E-state index is 11.1. The highest BCUT2D eigenvalue weighted by Gasteiger charge is 2.10. The van der Waals surface area contributed by atoms with E-state index in [-0.39, 0.29) is 12.5 Å². The molecule has 1 amide bonds. The average Bonchev–Trinajstić information content (AvgIpc) is 2.44. The zero-order valence-corrected chi connectivity index (χ0v) is 12.1. The lowest BCUT2D eigenvalue weighted by atomic mass is 10.1. The molecule has 0 radical (unpaired) electrons. The van der Waals surface area contributed by atoms with Crippen LogP contribution in [-0.2, 0) is 11.3 Å². The largest absolute Gasteiger partial charge is 0.495 e. The molecule has 5 nitrogen and oxygen atoms in total. The van der Waals surface area contributed by atoms with Crippen LogP contribution in [0.15, 0.2) is 18.2 Å². The Hall–Kier alpha value is -2.06. The van der Waals surface area contributed by atoms with Gasteiger partial charge in [-0.2, -0.15) is 5.26 Å². The second kappa shape index (κ2) is 8.18. The monoisotopic (exact) mass is 275 g/mol. The smallest absolute Gasteiger partial charge is 0.231 e. The Morgan fingerprint density at radius 3 is 2.80 bits per heavy atom. The number of ether oxygens (including phenoxy) is 1. The molecule has 0 heterocycles. The van der Waals surface area contributed by atoms with Gasteiger partial charge in [0, 0.05) is 6.54 Å². The number of rotatable bonds is 8. The summed E-state index contributed by atoms with van der Waals surface area (Å²) in [6.07, 6.45) is 2.07. The summed E-state index contributed by atoms with van der Waals surface area (Å²) in [5.74, 6) is 0.224. The molecule has 108 valence electrons. The van der Waals surface area contributed by atoms with Crippen molar-refractivity contribution in [3.05, 3.63) is 29.3 Å². The quantitative estimate of drug-likeness (QED) is 0.782. The molecule has 0 aliphatic rings. The van der Waals surface area contributed by atoms with Crippen LogP contribution in [0.25, 0.3) is 0 Å². The van der Waals surface area contributed by atoms with Gasteiger partial charge in [-0.1, -0.05) is 19.4 Å². The fourth-order valence-electron chi connectivity index (χ4n) is 2.02. The first-order valence-electron chi connectivity index (χ1n) is 6.68. The van der Waals surface area contributed by atoms with Gasteiger partial charge in [-0.05, 0) is 30.7 Å². The van der Waals surface area contributed by atoms with Crippen LogP contribution in [0.4, 0.5) is 0 Å². The van der Waals surface area contributed by atoms with Gasteiger partial charge >= 0.3 is 0 Å². The van der Waals surface area contributed by atoms with Crippen molar-refractivity contribution in [2.45, 2.75) is 26.3 Å². The Balaban J connectivity index is 2.82. The van der Waals surface area contributed by atoms with Crippen LogP contribution in [-0.4, -0.2) is 31.0 Å². The third-order valence-corrected chi connectivity index (χ3v) is 3.00. The molecule has 0 saturated carbocycles. The molecule has 0 aliphatic carbocycles. The van der Waals surface area contributed by atoms with Gasteiger partial charge in [0.25, 0.3) is 0 Å². The number of unbranched alkanes of at least 4 members (excludes halogenated alkanes) is 1. The lowest BCUT2D eigenvalue weighted by molar-refractivity contribution is -0.119. The standard InChI is InChI=1S/C15H21N3O2/c1-3-4-7-18(11-15(17)19)10-12-5-6-14(20-2)13(8-12)9-16/h5-6,8H,3-4,7,10-11H2,1-2H3,(H2,17,19). The van der Waals surface area contributed by atoms with E-state index in [0.717, 1.165) is 24.9 Å². The Labute approximate surface area is 119 Å². The predicted octanol–water partition coefficient (Wildman–Crippen LogP) is 1.65. The van der Waals surface area contributed by atoms with Crippen molar-refractivity contribution < 1.29 is 9.53 Å². The molecule has 1 aromatic rings. The summed E-state index contributed by atoms with van der Waals surface area (Å²) in [7, 11) is 1.54. The summed E-state index contributed by atoms with van der Waals surface area (Å²) in [5.41, 5.74) is 6.74. The van der Waals surface area contributed by atoms with E-state index in [0.29, 0.717) is 17.9 Å². The predicted molar refractivity (Wildman–Crippen MR) is 77.1 cm³/mol. The van der Waals surface area contributed by atoms with E-state index < -0.39 is 0 Å². The van der Waals surface area contributed by atoms with Gasteiger partial charge in [-0.25, -0.2) is 0 Å². The normalized spacial score (nSPS) is 10.3. The summed E-state index contributed by atoms with van der Waals surface area (Å²) in [5, 5.41) is 9.08. The van der Waals surface area contributed by atoms with Crippen molar-refractivity contribution in [3.8, 4) is 11.8 Å². The number of carbonyl (C=O) groups is 1. The first kappa shape index (κ1) is 16.0. The summed E-state index contributed by atoms with van der Waals surface area (Å²) in [6, 6.07) is 7.58. The molecule has 1 rings (SSSR count). The number of carbonyl (C=O) groups excluding carboxylic acids is 1. The van der Waals surface area contributed by atoms with Crippen molar-refractivity contribution in [3.63, 3.8) is 0 Å². The third kappa shape index (κ3) is 4.90. The molecule has 0 fully saturated rings. The lowest BCUT2D eigenvalue weighted by Crippen LogP contribution is -2.34. The van der Waals surface area contributed by atoms with Gasteiger partial charge < -0.3 is 10.5 Å². The number of primary amides is 1. The first-order chi connectivity index (χ1) is 9.60. The maximum atomic E-state index is 11.1. The number of nitrogens with two attached hydrogens (primary N) is 1. The van der Waals surface area contributed by atoms with Crippen LogP contribution < -0.4 is 10.5 Å². The molecule has 2 N–H and O–H groups in total. The van der Waals surface area contributed by atoms with Crippen molar-refractivity contribution >= 4 is 5.91 Å². The zero-order valence-electron chi connectivity index (χ0n) is 12.1. The van der Waals surface area contributed by atoms with Crippen LogP contribution in [0.3, 0.4) is 0 Å². The average molecular weight is 275 g/mol. The van der Waals surface area contributed by atoms with E-state index in [2.05, 4.69) is 13.0 Å². The summed E-state index contributed by atoms with van der Waals surface area (Å²) in [6.45, 7) is 3.74. The molecular formula is C15H21N3O2. The highest BCUT2D eigenvalue weighted by atomic mass is 16.5. The number of amides is 1. The highest BCUT2D eigenvalue weighted by molar-refractivity contribution is 5.75. The maximum Gasteiger partial charge on any atom is 0.231 e. The minimum atomic E-state index is -0.338. The van der Waals surface area contributed by atoms with Gasteiger partial charge in [-0.3, -0.25) is 9.69 Å². The topological polar surface area (TPSA) is 79.3 Å². The van der Waals surface area contributed by atoms with Crippen LogP contribution in [0.1, 0.15) is 30.9 Å². The SMILES string of the molecule is CCCCN(CC(N)=O)Cc1ccc(OC)c(C#N)c1. The molecule has 0 aromatic heterocycles. The van der Waals surface area contributed by atoms with Crippen molar-refractivity contribution in [2.24, 2.45) is 5.73 Å². The van der Waals surface area contributed by atoms with Crippen LogP contribution >= 0.6 is 0 Å². The molecule has 0 spiro atoms. The number of nitrogens with zero attached hydrogens (tertiary/aromatic N) is 2. The second-order valence-corrected chi connectivity index (χ2v) is 4.68. The molecule has 0 atom stereocenters. The van der Waals surface area contributed by atoms with Gasteiger partial charge in [0.1, 0.15) is 11.8 Å². The van der Waals surface area contributed by atoms with Crippen LogP contribution in [0.5, 0.6) is 5.75 Å². The Morgan fingerprint density at radius 1 is 1.50 bits per heavy atom. The minimum absolute atomic E-state index is 0.230. The molecule has 5 heteroatoms. The number of hydrogen-bond acceptors (Lipinski definition) is 4.